The van der Waals surface area contributed by atoms with E-state index < -0.39 is 22.0 Å². The first-order chi connectivity index (χ1) is 5.45. The molecule has 0 fully saturated rings. The molecule has 0 aromatic heterocycles. The molecule has 0 spiro atoms. The number of esters is 1. The fourth-order valence-electron chi connectivity index (χ4n) is 0.533. The van der Waals surface area contributed by atoms with Crippen LogP contribution in [-0.4, -0.2) is 62.6 Å². The van der Waals surface area contributed by atoms with Crippen LogP contribution in [0.4, 0.5) is 0 Å². The van der Waals surface area contributed by atoms with Crippen LogP contribution in [-0.2, 0) is 19.6 Å². The van der Waals surface area contributed by atoms with Gasteiger partial charge in [-0.1, -0.05) is 13.3 Å². The fraction of sp³-hybridized carbons (Fsp3) is 0.833. The Morgan fingerprint density at radius 2 is 2.08 bits per heavy atom. The van der Waals surface area contributed by atoms with Gasteiger partial charge in [-0.3, -0.25) is 9.35 Å². The van der Waals surface area contributed by atoms with E-state index >= 15 is 0 Å². The third kappa shape index (κ3) is 12.6. The van der Waals surface area contributed by atoms with E-state index in [1.165, 1.54) is 0 Å². The van der Waals surface area contributed by atoms with Crippen LogP contribution in [0.15, 0.2) is 0 Å². The number of hydrogen-bond acceptors (Lipinski definition) is 4. The zero-order valence-electron chi connectivity index (χ0n) is 9.52. The molecule has 0 saturated heterocycles. The van der Waals surface area contributed by atoms with Crippen LogP contribution in [0.25, 0.3) is 0 Å². The van der Waals surface area contributed by atoms with Crippen molar-refractivity contribution in [1.29, 1.82) is 0 Å². The first-order valence-corrected chi connectivity index (χ1v) is 5.17. The van der Waals surface area contributed by atoms with E-state index in [0.717, 1.165) is 6.42 Å². The Morgan fingerprint density at radius 3 is 2.46 bits per heavy atom. The van der Waals surface area contributed by atoms with Crippen LogP contribution in [0.5, 0.6) is 0 Å². The zero-order valence-corrected chi connectivity index (χ0v) is 10.5. The van der Waals surface area contributed by atoms with Gasteiger partial charge < -0.3 is 7.59 Å². The molecule has 0 bridgehead atoms. The van der Waals surface area contributed by atoms with Gasteiger partial charge in [0, 0.05) is 6.42 Å². The van der Waals surface area contributed by atoms with Crippen molar-refractivity contribution in [1.82, 2.24) is 0 Å². The van der Waals surface area contributed by atoms with Crippen molar-refractivity contribution in [3.05, 3.63) is 0 Å². The Hall–Kier alpha value is 0.640. The number of carbonyl (C=O) groups is 1. The summed E-state index contributed by atoms with van der Waals surface area (Å²) < 4.78 is 32.6. The Morgan fingerprint density at radius 1 is 1.54 bits per heavy atom. The second kappa shape index (κ2) is 7.99. The number of hydrogen-bond donors (Lipinski definition) is 1. The summed E-state index contributed by atoms with van der Waals surface area (Å²) in [6, 6.07) is 0. The summed E-state index contributed by atoms with van der Waals surface area (Å²) in [5.74, 6) is -1.55. The molecule has 0 amide bonds. The molecule has 0 radical (unpaired) electrons. The SMILES string of the molecule is CCCCC(=O)OCS(=O)(=O)O.[Ca+2].[H-].[H-]. The maximum atomic E-state index is 10.7. The van der Waals surface area contributed by atoms with Crippen molar-refractivity contribution >= 4 is 53.8 Å². The number of carbonyl (C=O) groups excluding carboxylic acids is 1. The van der Waals surface area contributed by atoms with Crippen LogP contribution < -0.4 is 0 Å². The van der Waals surface area contributed by atoms with Gasteiger partial charge >= 0.3 is 53.8 Å². The molecule has 0 unspecified atom stereocenters. The predicted octanol–water partition coefficient (Wildman–Crippen LogP) is 0.409. The number of rotatable bonds is 5. The Balaban J connectivity index is -0.000000202. The standard InChI is InChI=1S/C6H12O5S.Ca.2H/c1-2-3-4-6(7)11-5-12(8,9)10;;;/h2-5H2,1H3,(H,8,9,10);;;/q;+2;2*-1. The zero-order chi connectivity index (χ0) is 9.61. The summed E-state index contributed by atoms with van der Waals surface area (Å²) in [5, 5.41) is 0. The Labute approximate surface area is 111 Å². The van der Waals surface area contributed by atoms with E-state index in [-0.39, 0.29) is 47.0 Å². The largest absolute Gasteiger partial charge is 2.00 e. The first-order valence-electron chi connectivity index (χ1n) is 3.56. The summed E-state index contributed by atoms with van der Waals surface area (Å²) in [7, 11) is -4.19. The molecule has 0 aromatic carbocycles. The minimum atomic E-state index is -4.19. The van der Waals surface area contributed by atoms with Gasteiger partial charge in [-0.05, 0) is 6.42 Å². The molecule has 0 aliphatic carbocycles. The van der Waals surface area contributed by atoms with Crippen molar-refractivity contribution in [2.24, 2.45) is 0 Å². The molecule has 7 heteroatoms. The molecule has 0 aromatic rings. The molecule has 76 valence electrons. The summed E-state index contributed by atoms with van der Waals surface area (Å²) in [6.45, 7) is 1.90. The molecule has 0 saturated carbocycles. The third-order valence-electron chi connectivity index (χ3n) is 1.10. The van der Waals surface area contributed by atoms with Gasteiger partial charge in [0.05, 0.1) is 0 Å². The summed E-state index contributed by atoms with van der Waals surface area (Å²) in [6.07, 6.45) is 1.68. The molecule has 0 aliphatic heterocycles. The monoisotopic (exact) mass is 238 g/mol. The van der Waals surface area contributed by atoms with E-state index in [9.17, 15) is 13.2 Å². The molecule has 5 nitrogen and oxygen atoms in total. The molecule has 0 aliphatic rings. The molecular formula is C6H14CaO5S. The Kier molecular flexibility index (Phi) is 9.89. The van der Waals surface area contributed by atoms with Crippen LogP contribution in [0.1, 0.15) is 29.0 Å². The van der Waals surface area contributed by atoms with E-state index in [1.54, 1.807) is 0 Å². The molecule has 1 N–H and O–H groups in total. The predicted molar refractivity (Wildman–Crippen MR) is 50.0 cm³/mol. The van der Waals surface area contributed by atoms with Gasteiger partial charge in [-0.15, -0.1) is 0 Å². The van der Waals surface area contributed by atoms with Gasteiger partial charge in [0.2, 0.25) is 5.94 Å². The summed E-state index contributed by atoms with van der Waals surface area (Å²) >= 11 is 0. The van der Waals surface area contributed by atoms with E-state index in [4.69, 9.17) is 4.55 Å². The van der Waals surface area contributed by atoms with Gasteiger partial charge in [0.15, 0.2) is 0 Å². The second-order valence-electron chi connectivity index (χ2n) is 2.32. The van der Waals surface area contributed by atoms with Crippen LogP contribution in [0, 0.1) is 0 Å². The molecule has 0 rings (SSSR count). The number of unbranched alkanes of at least 4 members (excludes halogenated alkanes) is 1. The third-order valence-corrected chi connectivity index (χ3v) is 1.52. The second-order valence-corrected chi connectivity index (χ2v) is 3.72. The normalized spacial score (nSPS) is 10.3. The van der Waals surface area contributed by atoms with Crippen LogP contribution >= 0.6 is 0 Å². The topological polar surface area (TPSA) is 80.7 Å². The van der Waals surface area contributed by atoms with Crippen molar-refractivity contribution < 1.29 is 25.4 Å². The van der Waals surface area contributed by atoms with E-state index in [0.29, 0.717) is 6.42 Å². The summed E-state index contributed by atoms with van der Waals surface area (Å²) in [4.78, 5) is 10.7. The number of ether oxygens (including phenoxy) is 1. The van der Waals surface area contributed by atoms with E-state index in [2.05, 4.69) is 4.74 Å². The molecule has 0 atom stereocenters. The first kappa shape index (κ1) is 16.1. The van der Waals surface area contributed by atoms with Gasteiger partial charge in [-0.2, -0.15) is 8.42 Å². The Bertz CT molecular complexity index is 244. The van der Waals surface area contributed by atoms with Gasteiger partial charge in [-0.25, -0.2) is 0 Å². The average Bonchev–Trinajstić information content (AvgIpc) is 1.95. The summed E-state index contributed by atoms with van der Waals surface area (Å²) in [5.41, 5.74) is 0. The quantitative estimate of drug-likeness (QED) is 0.426. The average molecular weight is 238 g/mol. The van der Waals surface area contributed by atoms with Crippen molar-refractivity contribution in [3.8, 4) is 0 Å². The maximum Gasteiger partial charge on any atom is 2.00 e. The van der Waals surface area contributed by atoms with Gasteiger partial charge in [0.25, 0.3) is 0 Å². The van der Waals surface area contributed by atoms with Crippen molar-refractivity contribution in [2.75, 3.05) is 5.94 Å². The maximum absolute atomic E-state index is 10.7. The van der Waals surface area contributed by atoms with Crippen LogP contribution in [0.3, 0.4) is 0 Å². The van der Waals surface area contributed by atoms with Gasteiger partial charge in [0.1, 0.15) is 0 Å². The minimum absolute atomic E-state index is 0. The molecule has 0 heterocycles. The fourth-order valence-corrected chi connectivity index (χ4v) is 0.814. The van der Waals surface area contributed by atoms with Crippen molar-refractivity contribution in [2.45, 2.75) is 26.2 Å². The smallest absolute Gasteiger partial charge is 1.00 e. The van der Waals surface area contributed by atoms with Crippen molar-refractivity contribution in [3.63, 3.8) is 0 Å². The van der Waals surface area contributed by atoms with Crippen LogP contribution in [0.2, 0.25) is 0 Å². The minimum Gasteiger partial charge on any atom is -1.00 e. The van der Waals surface area contributed by atoms with E-state index in [1.807, 2.05) is 6.92 Å². The molecule has 13 heavy (non-hydrogen) atoms. The molecular weight excluding hydrogens is 224 g/mol.